The number of benzene rings is 3. The van der Waals surface area contributed by atoms with Gasteiger partial charge in [-0.05, 0) is 41.8 Å². The van der Waals surface area contributed by atoms with Crippen LogP contribution >= 0.6 is 11.3 Å². The Kier molecular flexibility index (Phi) is 3.36. The van der Waals surface area contributed by atoms with Crippen LogP contribution in [0.2, 0.25) is 0 Å². The Labute approximate surface area is 153 Å². The van der Waals surface area contributed by atoms with Crippen LogP contribution in [0.4, 0.5) is 10.1 Å². The van der Waals surface area contributed by atoms with E-state index < -0.39 is 0 Å². The summed E-state index contributed by atoms with van der Waals surface area (Å²) in [6.45, 7) is 0.421. The molecular weight excluding hydrogens is 347 g/mol. The van der Waals surface area contributed by atoms with Gasteiger partial charge >= 0.3 is 0 Å². The van der Waals surface area contributed by atoms with Gasteiger partial charge in [-0.2, -0.15) is 0 Å². The predicted octanol–water partition coefficient (Wildman–Crippen LogP) is 5.26. The SMILES string of the molecule is O=C1c2cccc3cccc(c23)N1Cc1csc(-c2ccc(F)cc2)n1. The van der Waals surface area contributed by atoms with E-state index in [1.807, 2.05) is 41.8 Å². The third-order valence-electron chi connectivity index (χ3n) is 4.61. The molecule has 0 radical (unpaired) electrons. The van der Waals surface area contributed by atoms with Crippen molar-refractivity contribution in [1.82, 2.24) is 4.98 Å². The highest BCUT2D eigenvalue weighted by atomic mass is 32.1. The molecule has 2 heterocycles. The van der Waals surface area contributed by atoms with Crippen LogP contribution in [0.5, 0.6) is 0 Å². The van der Waals surface area contributed by atoms with Gasteiger partial charge in [0.2, 0.25) is 0 Å². The van der Waals surface area contributed by atoms with Gasteiger partial charge < -0.3 is 4.90 Å². The Morgan fingerprint density at radius 2 is 1.77 bits per heavy atom. The molecule has 0 atom stereocenters. The number of carbonyl (C=O) groups is 1. The minimum absolute atomic E-state index is 0.00753. The van der Waals surface area contributed by atoms with E-state index in [2.05, 4.69) is 4.98 Å². The van der Waals surface area contributed by atoms with E-state index in [0.717, 1.165) is 38.3 Å². The van der Waals surface area contributed by atoms with Gasteiger partial charge in [0.1, 0.15) is 10.8 Å². The Hall–Kier alpha value is -3.05. The molecule has 0 unspecified atom stereocenters. The molecule has 0 spiro atoms. The number of halogens is 1. The van der Waals surface area contributed by atoms with E-state index in [9.17, 15) is 9.18 Å². The third kappa shape index (κ3) is 2.32. The van der Waals surface area contributed by atoms with Crippen molar-refractivity contribution < 1.29 is 9.18 Å². The molecule has 5 heteroatoms. The summed E-state index contributed by atoms with van der Waals surface area (Å²) < 4.78 is 13.1. The predicted molar refractivity (Wildman–Crippen MR) is 102 cm³/mol. The molecule has 26 heavy (non-hydrogen) atoms. The normalized spacial score (nSPS) is 13.0. The van der Waals surface area contributed by atoms with Crippen molar-refractivity contribution in [2.24, 2.45) is 0 Å². The third-order valence-corrected chi connectivity index (χ3v) is 5.55. The molecule has 0 N–H and O–H groups in total. The fourth-order valence-electron chi connectivity index (χ4n) is 3.40. The maximum absolute atomic E-state index is 13.1. The van der Waals surface area contributed by atoms with E-state index in [4.69, 9.17) is 0 Å². The monoisotopic (exact) mass is 360 g/mol. The lowest BCUT2D eigenvalue weighted by molar-refractivity contribution is 0.0991. The van der Waals surface area contributed by atoms with Crippen molar-refractivity contribution in [3.05, 3.63) is 83.1 Å². The Morgan fingerprint density at radius 1 is 1.00 bits per heavy atom. The summed E-state index contributed by atoms with van der Waals surface area (Å²) in [4.78, 5) is 19.3. The minimum atomic E-state index is -0.265. The van der Waals surface area contributed by atoms with Crippen molar-refractivity contribution in [3.63, 3.8) is 0 Å². The number of rotatable bonds is 3. The first-order chi connectivity index (χ1) is 12.7. The quantitative estimate of drug-likeness (QED) is 0.499. The Morgan fingerprint density at radius 3 is 2.58 bits per heavy atom. The van der Waals surface area contributed by atoms with Gasteiger partial charge in [-0.15, -0.1) is 11.3 Å². The van der Waals surface area contributed by atoms with E-state index in [1.54, 1.807) is 17.0 Å². The highest BCUT2D eigenvalue weighted by Crippen LogP contribution is 2.38. The van der Waals surface area contributed by atoms with E-state index in [1.165, 1.54) is 23.5 Å². The maximum Gasteiger partial charge on any atom is 0.259 e. The smallest absolute Gasteiger partial charge is 0.259 e. The number of hydrogen-bond donors (Lipinski definition) is 0. The van der Waals surface area contributed by atoms with Gasteiger partial charge in [0.25, 0.3) is 5.91 Å². The van der Waals surface area contributed by atoms with Crippen LogP contribution < -0.4 is 4.90 Å². The van der Waals surface area contributed by atoms with Crippen LogP contribution in [0, 0.1) is 5.82 Å². The van der Waals surface area contributed by atoms with Crippen LogP contribution in [-0.2, 0) is 6.54 Å². The first kappa shape index (κ1) is 15.2. The Bertz CT molecular complexity index is 1150. The maximum atomic E-state index is 13.1. The first-order valence-electron chi connectivity index (χ1n) is 8.25. The lowest BCUT2D eigenvalue weighted by Crippen LogP contribution is -2.26. The molecule has 1 aliphatic rings. The van der Waals surface area contributed by atoms with Crippen molar-refractivity contribution in [2.45, 2.75) is 6.54 Å². The zero-order chi connectivity index (χ0) is 17.7. The number of carbonyl (C=O) groups excluding carboxylic acids is 1. The highest BCUT2D eigenvalue weighted by molar-refractivity contribution is 7.13. The second kappa shape index (κ2) is 5.75. The molecule has 0 aliphatic carbocycles. The molecule has 0 bridgehead atoms. The molecule has 3 aromatic carbocycles. The zero-order valence-electron chi connectivity index (χ0n) is 13.6. The number of aromatic nitrogens is 1. The number of nitrogens with zero attached hydrogens (tertiary/aromatic N) is 2. The minimum Gasteiger partial charge on any atom is -0.302 e. The van der Waals surface area contributed by atoms with Crippen LogP contribution in [0.3, 0.4) is 0 Å². The van der Waals surface area contributed by atoms with Crippen molar-refractivity contribution in [2.75, 3.05) is 4.90 Å². The molecule has 3 nitrogen and oxygen atoms in total. The largest absolute Gasteiger partial charge is 0.302 e. The molecule has 4 aromatic rings. The molecule has 1 aromatic heterocycles. The first-order valence-corrected chi connectivity index (χ1v) is 9.12. The van der Waals surface area contributed by atoms with Gasteiger partial charge in [0, 0.05) is 21.9 Å². The standard InChI is InChI=1S/C21H13FN2OS/c22-15-9-7-14(8-10-15)20-23-16(12-26-20)11-24-18-6-2-4-13-3-1-5-17(19(13)18)21(24)25/h1-10,12H,11H2. The van der Waals surface area contributed by atoms with Crippen molar-refractivity contribution >= 4 is 33.7 Å². The van der Waals surface area contributed by atoms with E-state index >= 15 is 0 Å². The zero-order valence-corrected chi connectivity index (χ0v) is 14.5. The summed E-state index contributed by atoms with van der Waals surface area (Å²) >= 11 is 1.50. The molecular formula is C21H13FN2OS. The number of anilines is 1. The van der Waals surface area contributed by atoms with Gasteiger partial charge in [-0.1, -0.05) is 24.3 Å². The topological polar surface area (TPSA) is 33.2 Å². The Balaban J connectivity index is 1.49. The van der Waals surface area contributed by atoms with Crippen molar-refractivity contribution in [3.8, 4) is 10.6 Å². The molecule has 1 aliphatic heterocycles. The molecule has 0 fully saturated rings. The van der Waals surface area contributed by atoms with Gasteiger partial charge in [0.15, 0.2) is 0 Å². The van der Waals surface area contributed by atoms with Gasteiger partial charge in [0.05, 0.1) is 17.9 Å². The van der Waals surface area contributed by atoms with E-state index in [0.29, 0.717) is 6.54 Å². The summed E-state index contributed by atoms with van der Waals surface area (Å²) in [6.07, 6.45) is 0. The average Bonchev–Trinajstić information content (AvgIpc) is 3.23. The fourth-order valence-corrected chi connectivity index (χ4v) is 4.22. The number of amides is 1. The fraction of sp³-hybridized carbons (Fsp3) is 0.0476. The molecule has 0 saturated carbocycles. The van der Waals surface area contributed by atoms with Gasteiger partial charge in [-0.25, -0.2) is 9.37 Å². The summed E-state index contributed by atoms with van der Waals surface area (Å²) in [5, 5.41) is 4.85. The highest BCUT2D eigenvalue weighted by Gasteiger charge is 2.29. The van der Waals surface area contributed by atoms with Crippen LogP contribution in [0.1, 0.15) is 16.1 Å². The van der Waals surface area contributed by atoms with Crippen LogP contribution in [-0.4, -0.2) is 10.9 Å². The second-order valence-electron chi connectivity index (χ2n) is 6.22. The van der Waals surface area contributed by atoms with Crippen LogP contribution in [0.15, 0.2) is 66.0 Å². The second-order valence-corrected chi connectivity index (χ2v) is 7.08. The summed E-state index contributed by atoms with van der Waals surface area (Å²) in [5.74, 6) is -0.257. The number of hydrogen-bond acceptors (Lipinski definition) is 3. The molecule has 126 valence electrons. The molecule has 5 rings (SSSR count). The van der Waals surface area contributed by atoms with Gasteiger partial charge in [-0.3, -0.25) is 4.79 Å². The average molecular weight is 360 g/mol. The van der Waals surface area contributed by atoms with Crippen molar-refractivity contribution in [1.29, 1.82) is 0 Å². The van der Waals surface area contributed by atoms with Crippen LogP contribution in [0.25, 0.3) is 21.3 Å². The lowest BCUT2D eigenvalue weighted by Gasteiger charge is -2.16. The molecule has 0 saturated heterocycles. The molecule has 1 amide bonds. The summed E-state index contributed by atoms with van der Waals surface area (Å²) in [5.41, 5.74) is 3.37. The number of thiazole rings is 1. The summed E-state index contributed by atoms with van der Waals surface area (Å²) in [6, 6.07) is 18.1. The van der Waals surface area contributed by atoms with E-state index in [-0.39, 0.29) is 11.7 Å². The summed E-state index contributed by atoms with van der Waals surface area (Å²) in [7, 11) is 0. The lowest BCUT2D eigenvalue weighted by atomic mass is 10.1.